The summed E-state index contributed by atoms with van der Waals surface area (Å²) in [5.41, 5.74) is 2.95. The molecule has 0 aromatic carbocycles. The highest BCUT2D eigenvalue weighted by Gasteiger charge is 2.07. The third kappa shape index (κ3) is 2.02. The summed E-state index contributed by atoms with van der Waals surface area (Å²) < 4.78 is 0. The second kappa shape index (κ2) is 4.03. The summed E-state index contributed by atoms with van der Waals surface area (Å²) in [6.07, 6.45) is 0.944. The third-order valence-electron chi connectivity index (χ3n) is 2.30. The number of pyridine rings is 1. The Morgan fingerprint density at radius 2 is 2.13 bits per heavy atom. The zero-order valence-corrected chi connectivity index (χ0v) is 9.47. The van der Waals surface area contributed by atoms with Crippen LogP contribution in [-0.2, 0) is 6.42 Å². The minimum Gasteiger partial charge on any atom is -0.340 e. The lowest BCUT2D eigenvalue weighted by atomic mass is 10.3. The first-order chi connectivity index (χ1) is 7.20. The van der Waals surface area contributed by atoms with Crippen LogP contribution >= 0.6 is 11.6 Å². The van der Waals surface area contributed by atoms with Gasteiger partial charge in [-0.1, -0.05) is 24.6 Å². The zero-order valence-electron chi connectivity index (χ0n) is 8.71. The summed E-state index contributed by atoms with van der Waals surface area (Å²) in [5, 5.41) is 0.486. The summed E-state index contributed by atoms with van der Waals surface area (Å²) >= 11 is 5.82. The molecule has 0 unspecified atom stereocenters. The second-order valence-electron chi connectivity index (χ2n) is 3.35. The smallest absolute Gasteiger partial charge is 0.156 e. The molecule has 0 spiro atoms. The molecule has 2 aromatic rings. The van der Waals surface area contributed by atoms with Gasteiger partial charge in [0.05, 0.1) is 5.69 Å². The standard InChI is InChI=1S/C11H12ClN3/c1-3-8-7(2)13-11(15-8)9-5-4-6-10(12)14-9/h4-6H,3H2,1-2H3,(H,13,15). The molecule has 0 atom stereocenters. The van der Waals surface area contributed by atoms with Crippen LogP contribution in [0, 0.1) is 6.92 Å². The number of aromatic nitrogens is 3. The largest absolute Gasteiger partial charge is 0.340 e. The van der Waals surface area contributed by atoms with Gasteiger partial charge in [0.25, 0.3) is 0 Å². The van der Waals surface area contributed by atoms with Gasteiger partial charge in [-0.2, -0.15) is 0 Å². The maximum atomic E-state index is 5.82. The van der Waals surface area contributed by atoms with Crippen molar-refractivity contribution in [2.45, 2.75) is 20.3 Å². The molecule has 0 aliphatic heterocycles. The highest BCUT2D eigenvalue weighted by Crippen LogP contribution is 2.17. The van der Waals surface area contributed by atoms with Crippen molar-refractivity contribution >= 4 is 11.6 Å². The van der Waals surface area contributed by atoms with Crippen molar-refractivity contribution in [1.82, 2.24) is 15.0 Å². The third-order valence-corrected chi connectivity index (χ3v) is 2.51. The summed E-state index contributed by atoms with van der Waals surface area (Å²) in [7, 11) is 0. The Bertz CT molecular complexity index is 476. The van der Waals surface area contributed by atoms with E-state index in [2.05, 4.69) is 21.9 Å². The quantitative estimate of drug-likeness (QED) is 0.793. The van der Waals surface area contributed by atoms with Gasteiger partial charge in [0, 0.05) is 5.69 Å². The van der Waals surface area contributed by atoms with Crippen LogP contribution in [0.2, 0.25) is 5.15 Å². The molecule has 15 heavy (non-hydrogen) atoms. The second-order valence-corrected chi connectivity index (χ2v) is 3.74. The molecule has 2 heterocycles. The molecular formula is C11H12ClN3. The van der Waals surface area contributed by atoms with E-state index in [0.29, 0.717) is 5.15 Å². The van der Waals surface area contributed by atoms with Crippen molar-refractivity contribution in [2.75, 3.05) is 0 Å². The number of nitrogens with one attached hydrogen (secondary N) is 1. The van der Waals surface area contributed by atoms with Gasteiger partial charge in [-0.15, -0.1) is 0 Å². The topological polar surface area (TPSA) is 41.6 Å². The highest BCUT2D eigenvalue weighted by molar-refractivity contribution is 6.29. The molecule has 2 aromatic heterocycles. The van der Waals surface area contributed by atoms with E-state index in [1.807, 2.05) is 19.1 Å². The van der Waals surface area contributed by atoms with Gasteiger partial charge >= 0.3 is 0 Å². The van der Waals surface area contributed by atoms with Crippen LogP contribution in [0.5, 0.6) is 0 Å². The van der Waals surface area contributed by atoms with Crippen LogP contribution in [0.4, 0.5) is 0 Å². The van der Waals surface area contributed by atoms with Gasteiger partial charge in [-0.3, -0.25) is 0 Å². The van der Waals surface area contributed by atoms with Gasteiger partial charge in [-0.05, 0) is 25.5 Å². The number of halogens is 1. The molecule has 0 saturated carbocycles. The van der Waals surface area contributed by atoms with Crippen molar-refractivity contribution in [3.8, 4) is 11.5 Å². The lowest BCUT2D eigenvalue weighted by Gasteiger charge is -1.95. The van der Waals surface area contributed by atoms with E-state index in [0.717, 1.165) is 29.3 Å². The van der Waals surface area contributed by atoms with Crippen molar-refractivity contribution in [1.29, 1.82) is 0 Å². The van der Waals surface area contributed by atoms with Crippen LogP contribution in [-0.4, -0.2) is 15.0 Å². The normalized spacial score (nSPS) is 10.6. The Labute approximate surface area is 93.5 Å². The molecule has 4 heteroatoms. The van der Waals surface area contributed by atoms with Gasteiger partial charge in [0.1, 0.15) is 10.8 Å². The number of imidazole rings is 1. The minimum absolute atomic E-state index is 0.486. The van der Waals surface area contributed by atoms with Crippen LogP contribution in [0.3, 0.4) is 0 Å². The average molecular weight is 222 g/mol. The van der Waals surface area contributed by atoms with E-state index in [4.69, 9.17) is 11.6 Å². The summed E-state index contributed by atoms with van der Waals surface area (Å²) in [5.74, 6) is 0.784. The van der Waals surface area contributed by atoms with Crippen molar-refractivity contribution in [3.05, 3.63) is 34.7 Å². The molecule has 78 valence electrons. The first kappa shape index (κ1) is 10.2. The Kier molecular flexibility index (Phi) is 2.73. The van der Waals surface area contributed by atoms with Crippen LogP contribution < -0.4 is 0 Å². The van der Waals surface area contributed by atoms with E-state index < -0.39 is 0 Å². The molecular weight excluding hydrogens is 210 g/mol. The predicted molar refractivity (Wildman–Crippen MR) is 60.9 cm³/mol. The molecule has 0 saturated heterocycles. The predicted octanol–water partition coefficient (Wildman–Crippen LogP) is 3.00. The molecule has 0 bridgehead atoms. The monoisotopic (exact) mass is 221 g/mol. The van der Waals surface area contributed by atoms with Gasteiger partial charge in [0.2, 0.25) is 0 Å². The molecule has 0 aliphatic carbocycles. The van der Waals surface area contributed by atoms with Crippen LogP contribution in [0.25, 0.3) is 11.5 Å². The van der Waals surface area contributed by atoms with Crippen LogP contribution in [0.1, 0.15) is 18.3 Å². The Morgan fingerprint density at radius 3 is 2.73 bits per heavy atom. The Morgan fingerprint density at radius 1 is 1.33 bits per heavy atom. The molecule has 3 nitrogen and oxygen atoms in total. The zero-order chi connectivity index (χ0) is 10.8. The number of nitrogens with zero attached hydrogens (tertiary/aromatic N) is 2. The number of aryl methyl sites for hydroxylation is 2. The number of hydrogen-bond acceptors (Lipinski definition) is 2. The molecule has 0 amide bonds. The Hall–Kier alpha value is -1.35. The number of rotatable bonds is 2. The van der Waals surface area contributed by atoms with Crippen molar-refractivity contribution in [2.24, 2.45) is 0 Å². The molecule has 0 aliphatic rings. The molecule has 2 rings (SSSR count). The van der Waals surface area contributed by atoms with E-state index in [1.54, 1.807) is 6.07 Å². The van der Waals surface area contributed by atoms with Gasteiger partial charge < -0.3 is 4.98 Å². The minimum atomic E-state index is 0.486. The molecule has 1 N–H and O–H groups in total. The maximum Gasteiger partial charge on any atom is 0.156 e. The SMILES string of the molecule is CCc1[nH]c(-c2cccc(Cl)n2)nc1C. The average Bonchev–Trinajstić information content (AvgIpc) is 2.60. The highest BCUT2D eigenvalue weighted by atomic mass is 35.5. The van der Waals surface area contributed by atoms with E-state index >= 15 is 0 Å². The molecule has 0 radical (unpaired) electrons. The van der Waals surface area contributed by atoms with Gasteiger partial charge in [-0.25, -0.2) is 9.97 Å². The van der Waals surface area contributed by atoms with Crippen LogP contribution in [0.15, 0.2) is 18.2 Å². The van der Waals surface area contributed by atoms with E-state index in [-0.39, 0.29) is 0 Å². The summed E-state index contributed by atoms with van der Waals surface area (Å²) in [6, 6.07) is 5.51. The van der Waals surface area contributed by atoms with E-state index in [9.17, 15) is 0 Å². The van der Waals surface area contributed by atoms with Crippen molar-refractivity contribution in [3.63, 3.8) is 0 Å². The summed E-state index contributed by atoms with van der Waals surface area (Å²) in [6.45, 7) is 4.08. The first-order valence-corrected chi connectivity index (χ1v) is 5.27. The Balaban J connectivity index is 2.45. The number of H-pyrrole nitrogens is 1. The van der Waals surface area contributed by atoms with Crippen molar-refractivity contribution < 1.29 is 0 Å². The van der Waals surface area contributed by atoms with Gasteiger partial charge in [0.15, 0.2) is 5.82 Å². The fourth-order valence-electron chi connectivity index (χ4n) is 1.50. The fraction of sp³-hybridized carbons (Fsp3) is 0.273. The van der Waals surface area contributed by atoms with E-state index in [1.165, 1.54) is 0 Å². The number of aromatic amines is 1. The number of hydrogen-bond donors (Lipinski definition) is 1. The fourth-order valence-corrected chi connectivity index (χ4v) is 1.67. The molecule has 0 fully saturated rings. The lowest BCUT2D eigenvalue weighted by molar-refractivity contribution is 1.04. The summed E-state index contributed by atoms with van der Waals surface area (Å²) in [4.78, 5) is 11.9. The lowest BCUT2D eigenvalue weighted by Crippen LogP contribution is -1.86. The first-order valence-electron chi connectivity index (χ1n) is 4.89. The maximum absolute atomic E-state index is 5.82.